The Morgan fingerprint density at radius 3 is 2.83 bits per heavy atom. The van der Waals surface area contributed by atoms with Crippen LogP contribution in [0.3, 0.4) is 0 Å². The maximum atomic E-state index is 13.3. The highest BCUT2D eigenvalue weighted by molar-refractivity contribution is 7.22. The summed E-state index contributed by atoms with van der Waals surface area (Å²) < 4.78 is 1.07. The molecule has 0 N–H and O–H groups in total. The topological polar surface area (TPSA) is 48.8 Å². The van der Waals surface area contributed by atoms with Gasteiger partial charge in [-0.1, -0.05) is 41.5 Å². The van der Waals surface area contributed by atoms with Crippen molar-refractivity contribution in [3.63, 3.8) is 0 Å². The Morgan fingerprint density at radius 2 is 2.00 bits per heavy atom. The number of aliphatic imine (C=N–C) groups is 1. The Hall–Kier alpha value is -2.28. The van der Waals surface area contributed by atoms with E-state index in [1.807, 2.05) is 35.2 Å². The van der Waals surface area contributed by atoms with Crippen LogP contribution in [0.25, 0.3) is 10.2 Å². The van der Waals surface area contributed by atoms with Gasteiger partial charge in [0.25, 0.3) is 5.91 Å². The van der Waals surface area contributed by atoms with E-state index in [0.29, 0.717) is 28.1 Å². The lowest BCUT2D eigenvalue weighted by atomic mass is 10.1. The minimum Gasteiger partial charge on any atom is -0.293 e. The van der Waals surface area contributed by atoms with E-state index in [1.54, 1.807) is 0 Å². The van der Waals surface area contributed by atoms with Crippen molar-refractivity contribution < 1.29 is 4.79 Å². The number of aryl methyl sites for hydroxylation is 1. The first-order valence-electron chi connectivity index (χ1n) is 9.89. The average Bonchev–Trinajstić information content (AvgIpc) is 3.23. The summed E-state index contributed by atoms with van der Waals surface area (Å²) in [5.74, 6) is -0.103. The molecule has 3 aromatic rings. The fourth-order valence-corrected chi connectivity index (χ4v) is 5.22. The predicted octanol–water partition coefficient (Wildman–Crippen LogP) is 5.17. The Bertz CT molecular complexity index is 1130. The molecule has 2 aromatic carbocycles. The highest BCUT2D eigenvalue weighted by Gasteiger charge is 2.37. The third-order valence-corrected chi connectivity index (χ3v) is 6.72. The van der Waals surface area contributed by atoms with E-state index in [4.69, 9.17) is 11.6 Å². The zero-order valence-electron chi connectivity index (χ0n) is 16.2. The first kappa shape index (κ1) is 18.7. The Morgan fingerprint density at radius 1 is 1.17 bits per heavy atom. The average molecular weight is 425 g/mol. The molecule has 1 aromatic heterocycles. The van der Waals surface area contributed by atoms with Crippen LogP contribution in [0.15, 0.2) is 41.4 Å². The van der Waals surface area contributed by atoms with Crippen LogP contribution in [-0.2, 0) is 4.79 Å². The molecule has 1 fully saturated rings. The quantitative estimate of drug-likeness (QED) is 0.582. The molecule has 5 rings (SSSR count). The number of hydrogen-bond donors (Lipinski definition) is 0. The maximum absolute atomic E-state index is 13.3. The molecule has 3 heterocycles. The highest BCUT2D eigenvalue weighted by atomic mass is 35.5. The number of piperidine rings is 1. The first-order valence-corrected chi connectivity index (χ1v) is 11.1. The summed E-state index contributed by atoms with van der Waals surface area (Å²) in [5.41, 5.74) is 4.02. The van der Waals surface area contributed by atoms with Crippen LogP contribution in [0.1, 0.15) is 30.4 Å². The Balaban J connectivity index is 1.55. The summed E-state index contributed by atoms with van der Waals surface area (Å²) in [5, 5.41) is 1.13. The number of halogens is 1. The van der Waals surface area contributed by atoms with Gasteiger partial charge in [-0.25, -0.2) is 9.98 Å². The van der Waals surface area contributed by atoms with E-state index in [1.165, 1.54) is 36.2 Å². The molecule has 2 aliphatic heterocycles. The monoisotopic (exact) mass is 424 g/mol. The van der Waals surface area contributed by atoms with Crippen LogP contribution < -0.4 is 4.90 Å². The van der Waals surface area contributed by atoms with Crippen LogP contribution >= 0.6 is 22.9 Å². The number of nitrogens with zero attached hydrogens (tertiary/aromatic N) is 4. The molecule has 29 heavy (non-hydrogen) atoms. The van der Waals surface area contributed by atoms with Crippen molar-refractivity contribution in [2.75, 3.05) is 24.7 Å². The SMILES string of the molecule is Cc1ccc2nc(N=C3C(=O)N(CN4CCCCC4)c4cccc(Cl)c43)sc2c1. The third kappa shape index (κ3) is 3.45. The van der Waals surface area contributed by atoms with E-state index in [2.05, 4.69) is 27.9 Å². The fraction of sp³-hybridized carbons (Fsp3) is 0.318. The molecule has 0 aliphatic carbocycles. The number of benzene rings is 2. The number of anilines is 1. The Kier molecular flexibility index (Phi) is 4.86. The van der Waals surface area contributed by atoms with Gasteiger partial charge in [-0.05, 0) is 62.7 Å². The van der Waals surface area contributed by atoms with Crippen molar-refractivity contribution in [1.82, 2.24) is 9.88 Å². The predicted molar refractivity (Wildman–Crippen MR) is 120 cm³/mol. The summed E-state index contributed by atoms with van der Waals surface area (Å²) >= 11 is 8.01. The van der Waals surface area contributed by atoms with Crippen LogP contribution in [0.4, 0.5) is 10.8 Å². The second kappa shape index (κ2) is 7.52. The second-order valence-corrected chi connectivity index (χ2v) is 9.03. The molecule has 0 radical (unpaired) electrons. The van der Waals surface area contributed by atoms with Crippen molar-refractivity contribution >= 4 is 55.6 Å². The van der Waals surface area contributed by atoms with Crippen molar-refractivity contribution in [1.29, 1.82) is 0 Å². The molecule has 7 heteroatoms. The van der Waals surface area contributed by atoms with Crippen LogP contribution in [0.5, 0.6) is 0 Å². The summed E-state index contributed by atoms with van der Waals surface area (Å²) in [6.45, 7) is 4.66. The number of aromatic nitrogens is 1. The van der Waals surface area contributed by atoms with Gasteiger partial charge in [0.15, 0.2) is 0 Å². The van der Waals surface area contributed by atoms with Gasteiger partial charge in [0, 0.05) is 5.56 Å². The number of likely N-dealkylation sites (tertiary alicyclic amines) is 1. The number of thiazole rings is 1. The van der Waals surface area contributed by atoms with E-state index in [0.717, 1.165) is 29.0 Å². The van der Waals surface area contributed by atoms with Crippen molar-refractivity contribution in [2.45, 2.75) is 26.2 Å². The molecule has 0 atom stereocenters. The largest absolute Gasteiger partial charge is 0.293 e. The summed E-state index contributed by atoms with van der Waals surface area (Å²) in [7, 11) is 0. The van der Waals surface area contributed by atoms with Crippen molar-refractivity contribution in [3.8, 4) is 0 Å². The fourth-order valence-electron chi connectivity index (χ4n) is 4.02. The number of hydrogen-bond acceptors (Lipinski definition) is 5. The second-order valence-electron chi connectivity index (χ2n) is 7.62. The molecular weight excluding hydrogens is 404 g/mol. The zero-order chi connectivity index (χ0) is 20.0. The molecule has 0 unspecified atom stereocenters. The van der Waals surface area contributed by atoms with Gasteiger partial charge in [0.05, 0.1) is 27.6 Å². The van der Waals surface area contributed by atoms with E-state index < -0.39 is 0 Å². The van der Waals surface area contributed by atoms with Gasteiger partial charge >= 0.3 is 0 Å². The van der Waals surface area contributed by atoms with Gasteiger partial charge in [0.2, 0.25) is 5.13 Å². The molecular formula is C22H21ClN4OS. The highest BCUT2D eigenvalue weighted by Crippen LogP contribution is 2.37. The molecule has 5 nitrogen and oxygen atoms in total. The van der Waals surface area contributed by atoms with Gasteiger partial charge < -0.3 is 0 Å². The summed E-state index contributed by atoms with van der Waals surface area (Å²) in [6.07, 6.45) is 3.61. The van der Waals surface area contributed by atoms with Crippen molar-refractivity contribution in [3.05, 3.63) is 52.5 Å². The maximum Gasteiger partial charge on any atom is 0.278 e. The number of rotatable bonds is 3. The lowest BCUT2D eigenvalue weighted by Crippen LogP contribution is -2.43. The van der Waals surface area contributed by atoms with Gasteiger partial charge in [0.1, 0.15) is 5.71 Å². The van der Waals surface area contributed by atoms with Crippen LogP contribution in [-0.4, -0.2) is 41.3 Å². The smallest absolute Gasteiger partial charge is 0.278 e. The Labute approximate surface area is 178 Å². The van der Waals surface area contributed by atoms with E-state index in [9.17, 15) is 4.79 Å². The van der Waals surface area contributed by atoms with Crippen molar-refractivity contribution in [2.24, 2.45) is 4.99 Å². The van der Waals surface area contributed by atoms with Gasteiger partial charge in [-0.3, -0.25) is 14.6 Å². The molecule has 2 aliphatic rings. The molecule has 1 saturated heterocycles. The van der Waals surface area contributed by atoms with Gasteiger partial charge in [-0.15, -0.1) is 0 Å². The lowest BCUT2D eigenvalue weighted by molar-refractivity contribution is -0.112. The number of amides is 1. The number of fused-ring (bicyclic) bond motifs is 2. The standard InChI is InChI=1S/C22H21ClN4OS/c1-14-8-9-16-18(12-14)29-22(24-16)25-20-19-15(23)6-5-7-17(19)27(21(20)28)13-26-10-3-2-4-11-26/h5-9,12H,2-4,10-11,13H2,1H3. The first-order chi connectivity index (χ1) is 14.1. The number of carbonyl (C=O) groups is 1. The van der Waals surface area contributed by atoms with E-state index >= 15 is 0 Å². The number of carbonyl (C=O) groups excluding carboxylic acids is 1. The van der Waals surface area contributed by atoms with Crippen LogP contribution in [0.2, 0.25) is 5.02 Å². The van der Waals surface area contributed by atoms with E-state index in [-0.39, 0.29) is 5.91 Å². The minimum atomic E-state index is -0.103. The summed E-state index contributed by atoms with van der Waals surface area (Å²) in [6, 6.07) is 11.8. The molecule has 0 bridgehead atoms. The molecule has 0 spiro atoms. The van der Waals surface area contributed by atoms with Crippen LogP contribution in [0, 0.1) is 6.92 Å². The molecule has 0 saturated carbocycles. The molecule has 1 amide bonds. The normalized spacial score (nSPS) is 18.8. The zero-order valence-corrected chi connectivity index (χ0v) is 17.8. The minimum absolute atomic E-state index is 0.103. The summed E-state index contributed by atoms with van der Waals surface area (Å²) in [4.78, 5) is 26.8. The lowest BCUT2D eigenvalue weighted by Gasteiger charge is -2.30. The third-order valence-electron chi connectivity index (χ3n) is 5.50. The van der Waals surface area contributed by atoms with Gasteiger partial charge in [-0.2, -0.15) is 0 Å². The molecule has 148 valence electrons.